The Bertz CT molecular complexity index is 1560. The summed E-state index contributed by atoms with van der Waals surface area (Å²) in [6, 6.07) is 15.2. The van der Waals surface area contributed by atoms with Crippen LogP contribution < -0.4 is 0 Å². The molecule has 0 aliphatic carbocycles. The van der Waals surface area contributed by atoms with Crippen LogP contribution in [-0.4, -0.2) is 36.6 Å². The van der Waals surface area contributed by atoms with Gasteiger partial charge in [0.05, 0.1) is 16.3 Å². The van der Waals surface area contributed by atoms with E-state index < -0.39 is 44.9 Å². The summed E-state index contributed by atoms with van der Waals surface area (Å²) in [6.45, 7) is 0. The van der Waals surface area contributed by atoms with Crippen LogP contribution in [0.4, 0.5) is 35.1 Å². The van der Waals surface area contributed by atoms with Crippen molar-refractivity contribution in [3.8, 4) is 28.1 Å². The predicted octanol–water partition coefficient (Wildman–Crippen LogP) is 7.04. The summed E-state index contributed by atoms with van der Waals surface area (Å²) >= 11 is 0. The Morgan fingerprint density at radius 1 is 0.737 bits per heavy atom. The van der Waals surface area contributed by atoms with Crippen LogP contribution in [0.2, 0.25) is 0 Å². The quantitative estimate of drug-likeness (QED) is 0.238. The molecule has 3 aromatic carbocycles. The highest BCUT2D eigenvalue weighted by atomic mass is 32.2. The molecule has 0 saturated heterocycles. The lowest BCUT2D eigenvalue weighted by atomic mass is 9.94. The van der Waals surface area contributed by atoms with E-state index in [2.05, 4.69) is 5.10 Å². The molecule has 0 N–H and O–H groups in total. The standard InChI is InChI=1S/C25H16F8N2O2S/c1-38(36,37)19-13-9-16(10-14-19)21-20(15-7-11-17(26)12-8-15)22(23(27,28)24(29,30)25(31,32)33)34-35(21)18-5-3-2-4-6-18/h2-14H,1H3. The van der Waals surface area contributed by atoms with Gasteiger partial charge < -0.3 is 0 Å². The Balaban J connectivity index is 2.14. The van der Waals surface area contributed by atoms with Gasteiger partial charge in [-0.1, -0.05) is 42.5 Å². The van der Waals surface area contributed by atoms with Crippen LogP contribution in [0.15, 0.2) is 83.8 Å². The molecule has 0 unspecified atom stereocenters. The zero-order valence-corrected chi connectivity index (χ0v) is 20.0. The van der Waals surface area contributed by atoms with Crippen LogP contribution in [0.25, 0.3) is 28.1 Å². The topological polar surface area (TPSA) is 52.0 Å². The van der Waals surface area contributed by atoms with E-state index in [1.54, 1.807) is 6.07 Å². The maximum atomic E-state index is 15.2. The van der Waals surface area contributed by atoms with Crippen molar-refractivity contribution in [3.05, 3.63) is 90.4 Å². The molecule has 0 bridgehead atoms. The first-order valence-electron chi connectivity index (χ1n) is 10.6. The van der Waals surface area contributed by atoms with Crippen LogP contribution in [0.3, 0.4) is 0 Å². The number of hydrogen-bond acceptors (Lipinski definition) is 3. The fourth-order valence-corrected chi connectivity index (χ4v) is 4.37. The van der Waals surface area contributed by atoms with Crippen LogP contribution in [-0.2, 0) is 15.8 Å². The van der Waals surface area contributed by atoms with Crippen molar-refractivity contribution in [2.75, 3.05) is 6.26 Å². The Morgan fingerprint density at radius 2 is 1.26 bits per heavy atom. The monoisotopic (exact) mass is 560 g/mol. The number of hydrogen-bond donors (Lipinski definition) is 0. The molecule has 0 radical (unpaired) electrons. The molecular formula is C25H16F8N2O2S. The molecule has 38 heavy (non-hydrogen) atoms. The number of rotatable bonds is 6. The molecule has 0 fully saturated rings. The van der Waals surface area contributed by atoms with E-state index in [9.17, 15) is 34.8 Å². The number of alkyl halides is 7. The molecule has 1 heterocycles. The average molecular weight is 560 g/mol. The van der Waals surface area contributed by atoms with Gasteiger partial charge in [-0.3, -0.25) is 0 Å². The van der Waals surface area contributed by atoms with Crippen LogP contribution in [0, 0.1) is 5.82 Å². The zero-order valence-electron chi connectivity index (χ0n) is 19.1. The summed E-state index contributed by atoms with van der Waals surface area (Å²) in [5.41, 5.74) is -3.42. The van der Waals surface area contributed by atoms with Gasteiger partial charge in [0, 0.05) is 17.4 Å². The second-order valence-electron chi connectivity index (χ2n) is 8.27. The molecule has 0 aliphatic heterocycles. The van der Waals surface area contributed by atoms with Crippen LogP contribution >= 0.6 is 0 Å². The molecule has 0 amide bonds. The van der Waals surface area contributed by atoms with Gasteiger partial charge in [-0.2, -0.15) is 35.8 Å². The van der Waals surface area contributed by atoms with E-state index in [1.165, 1.54) is 36.4 Å². The Morgan fingerprint density at radius 3 is 1.76 bits per heavy atom. The van der Waals surface area contributed by atoms with Crippen molar-refractivity contribution in [1.29, 1.82) is 0 Å². The number of benzene rings is 3. The van der Waals surface area contributed by atoms with Gasteiger partial charge in [-0.25, -0.2) is 17.5 Å². The fraction of sp³-hybridized carbons (Fsp3) is 0.160. The lowest BCUT2D eigenvalue weighted by molar-refractivity contribution is -0.360. The summed E-state index contributed by atoms with van der Waals surface area (Å²) in [5.74, 6) is -13.2. The Hall–Kier alpha value is -3.74. The van der Waals surface area contributed by atoms with Crippen molar-refractivity contribution in [2.24, 2.45) is 0 Å². The van der Waals surface area contributed by atoms with Crippen molar-refractivity contribution < 1.29 is 43.5 Å². The molecule has 4 aromatic rings. The number of nitrogens with zero attached hydrogens (tertiary/aromatic N) is 2. The van der Waals surface area contributed by atoms with E-state index >= 15 is 8.78 Å². The van der Waals surface area contributed by atoms with Gasteiger partial charge in [0.25, 0.3) is 0 Å². The first kappa shape index (κ1) is 27.3. The van der Waals surface area contributed by atoms with Crippen LogP contribution in [0.1, 0.15) is 5.69 Å². The lowest BCUT2D eigenvalue weighted by Gasteiger charge is -2.27. The van der Waals surface area contributed by atoms with Gasteiger partial charge in [-0.05, 0) is 42.0 Å². The maximum absolute atomic E-state index is 15.2. The molecule has 200 valence electrons. The van der Waals surface area contributed by atoms with Crippen LogP contribution in [0.5, 0.6) is 0 Å². The molecular weight excluding hydrogens is 544 g/mol. The summed E-state index contributed by atoms with van der Waals surface area (Å²) < 4.78 is 136. The Kier molecular flexibility index (Phi) is 6.63. The van der Waals surface area contributed by atoms with Crippen molar-refractivity contribution in [3.63, 3.8) is 0 Å². The Labute approximate surface area is 211 Å². The molecule has 0 atom stereocenters. The number of halogens is 8. The molecule has 13 heteroatoms. The average Bonchev–Trinajstić information content (AvgIpc) is 3.25. The number of aromatic nitrogens is 2. The summed E-state index contributed by atoms with van der Waals surface area (Å²) in [4.78, 5) is -0.162. The summed E-state index contributed by atoms with van der Waals surface area (Å²) in [5, 5.41) is 3.55. The van der Waals surface area contributed by atoms with Gasteiger partial charge >= 0.3 is 18.0 Å². The van der Waals surface area contributed by atoms with E-state index in [0.29, 0.717) is 0 Å². The van der Waals surface area contributed by atoms with E-state index in [1.807, 2.05) is 0 Å². The molecule has 1 aromatic heterocycles. The third-order valence-corrected chi connectivity index (χ3v) is 6.75. The van der Waals surface area contributed by atoms with E-state index in [-0.39, 0.29) is 27.4 Å². The van der Waals surface area contributed by atoms with Crippen molar-refractivity contribution in [2.45, 2.75) is 22.9 Å². The largest absolute Gasteiger partial charge is 0.460 e. The molecule has 0 saturated carbocycles. The minimum absolute atomic E-state index is 0.0235. The van der Waals surface area contributed by atoms with Crippen molar-refractivity contribution >= 4 is 9.84 Å². The highest BCUT2D eigenvalue weighted by Crippen LogP contribution is 2.54. The molecule has 0 aliphatic rings. The molecule has 4 rings (SSSR count). The highest BCUT2D eigenvalue weighted by molar-refractivity contribution is 7.90. The van der Waals surface area contributed by atoms with Gasteiger partial charge in [-0.15, -0.1) is 0 Å². The lowest BCUT2D eigenvalue weighted by Crippen LogP contribution is -2.50. The van der Waals surface area contributed by atoms with E-state index in [4.69, 9.17) is 0 Å². The van der Waals surface area contributed by atoms with Gasteiger partial charge in [0.15, 0.2) is 9.84 Å². The van der Waals surface area contributed by atoms with E-state index in [0.717, 1.165) is 47.3 Å². The normalized spacial score (nSPS) is 13.1. The third-order valence-electron chi connectivity index (χ3n) is 5.62. The number of sulfone groups is 1. The first-order valence-corrected chi connectivity index (χ1v) is 12.5. The van der Waals surface area contributed by atoms with Gasteiger partial charge in [0.1, 0.15) is 11.5 Å². The minimum atomic E-state index is -6.63. The number of para-hydroxylation sites is 1. The zero-order chi connectivity index (χ0) is 28.1. The predicted molar refractivity (Wildman–Crippen MR) is 122 cm³/mol. The maximum Gasteiger partial charge on any atom is 0.460 e. The SMILES string of the molecule is CS(=O)(=O)c1ccc(-c2c(-c3ccc(F)cc3)c(C(F)(F)C(F)(F)C(F)(F)F)nn2-c2ccccc2)cc1. The second-order valence-corrected chi connectivity index (χ2v) is 10.3. The van der Waals surface area contributed by atoms with Crippen molar-refractivity contribution in [1.82, 2.24) is 9.78 Å². The summed E-state index contributed by atoms with van der Waals surface area (Å²) in [6.07, 6.45) is -5.72. The fourth-order valence-electron chi connectivity index (χ4n) is 3.74. The van der Waals surface area contributed by atoms with Gasteiger partial charge in [0.2, 0.25) is 0 Å². The molecule has 4 nitrogen and oxygen atoms in total. The molecule has 0 spiro atoms. The minimum Gasteiger partial charge on any atom is -0.232 e. The third kappa shape index (κ3) is 4.66. The summed E-state index contributed by atoms with van der Waals surface area (Å²) in [7, 11) is -3.69. The smallest absolute Gasteiger partial charge is 0.232 e. The highest BCUT2D eigenvalue weighted by Gasteiger charge is 2.75. The first-order chi connectivity index (χ1) is 17.6. The second kappa shape index (κ2) is 9.22.